The van der Waals surface area contributed by atoms with E-state index in [0.29, 0.717) is 19.4 Å². The van der Waals surface area contributed by atoms with E-state index in [0.717, 1.165) is 19.3 Å². The van der Waals surface area contributed by atoms with Gasteiger partial charge in [0.25, 0.3) is 0 Å². The molecule has 5 nitrogen and oxygen atoms in total. The van der Waals surface area contributed by atoms with Crippen LogP contribution in [0.5, 0.6) is 0 Å². The van der Waals surface area contributed by atoms with Crippen LogP contribution in [0.4, 0.5) is 0 Å². The van der Waals surface area contributed by atoms with Crippen LogP contribution in [0.25, 0.3) is 0 Å². The van der Waals surface area contributed by atoms with Crippen molar-refractivity contribution in [2.45, 2.75) is 65.3 Å². The number of aliphatic carboxylic acids is 1. The summed E-state index contributed by atoms with van der Waals surface area (Å²) in [5, 5.41) is 11.3. The largest absolute Gasteiger partial charge is 0.481 e. The van der Waals surface area contributed by atoms with Gasteiger partial charge in [-0.05, 0) is 24.7 Å². The average molecular weight is 272 g/mol. The number of amides is 1. The van der Waals surface area contributed by atoms with Crippen LogP contribution in [-0.4, -0.2) is 29.6 Å². The Morgan fingerprint density at radius 1 is 1.21 bits per heavy atom. The summed E-state index contributed by atoms with van der Waals surface area (Å²) in [6, 6.07) is -0.105. The third kappa shape index (κ3) is 13.1. The van der Waals surface area contributed by atoms with Crippen molar-refractivity contribution in [3.63, 3.8) is 0 Å². The van der Waals surface area contributed by atoms with E-state index in [-0.39, 0.29) is 23.8 Å². The maximum Gasteiger partial charge on any atom is 0.303 e. The highest BCUT2D eigenvalue weighted by Crippen LogP contribution is 2.20. The zero-order valence-corrected chi connectivity index (χ0v) is 12.4. The fourth-order valence-corrected chi connectivity index (χ4v) is 1.97. The number of rotatable bonds is 9. The van der Waals surface area contributed by atoms with Crippen molar-refractivity contribution in [3.05, 3.63) is 0 Å². The second-order valence-electron chi connectivity index (χ2n) is 6.28. The third-order valence-corrected chi connectivity index (χ3v) is 2.71. The number of hydrogen-bond acceptors (Lipinski definition) is 3. The minimum absolute atomic E-state index is 0.0185. The molecule has 0 radical (unpaired) electrons. The van der Waals surface area contributed by atoms with Crippen molar-refractivity contribution in [2.24, 2.45) is 11.1 Å². The first-order valence-electron chi connectivity index (χ1n) is 6.95. The summed E-state index contributed by atoms with van der Waals surface area (Å²) < 4.78 is 0. The first-order chi connectivity index (χ1) is 8.70. The molecule has 0 aromatic carbocycles. The summed E-state index contributed by atoms with van der Waals surface area (Å²) in [5.74, 6) is -0.785. The van der Waals surface area contributed by atoms with Crippen molar-refractivity contribution >= 4 is 11.9 Å². The number of carboxylic acid groups (broad SMARTS) is 1. The van der Waals surface area contributed by atoms with E-state index >= 15 is 0 Å². The molecule has 0 saturated heterocycles. The van der Waals surface area contributed by atoms with Crippen LogP contribution in [0.1, 0.15) is 59.3 Å². The Bertz CT molecular complexity index is 285. The van der Waals surface area contributed by atoms with E-state index in [4.69, 9.17) is 10.8 Å². The van der Waals surface area contributed by atoms with Gasteiger partial charge in [-0.15, -0.1) is 0 Å². The molecule has 0 rings (SSSR count). The summed E-state index contributed by atoms with van der Waals surface area (Å²) >= 11 is 0. The topological polar surface area (TPSA) is 92.4 Å². The summed E-state index contributed by atoms with van der Waals surface area (Å²) in [7, 11) is 0. The monoisotopic (exact) mass is 272 g/mol. The van der Waals surface area contributed by atoms with Crippen LogP contribution in [0, 0.1) is 5.41 Å². The molecule has 0 aliphatic rings. The van der Waals surface area contributed by atoms with Crippen LogP contribution in [-0.2, 0) is 9.59 Å². The minimum Gasteiger partial charge on any atom is -0.481 e. The van der Waals surface area contributed by atoms with Gasteiger partial charge < -0.3 is 16.2 Å². The van der Waals surface area contributed by atoms with Gasteiger partial charge in [0, 0.05) is 25.4 Å². The van der Waals surface area contributed by atoms with Gasteiger partial charge in [0.1, 0.15) is 0 Å². The van der Waals surface area contributed by atoms with Gasteiger partial charge in [-0.2, -0.15) is 0 Å². The van der Waals surface area contributed by atoms with E-state index in [9.17, 15) is 9.59 Å². The van der Waals surface area contributed by atoms with Crippen LogP contribution in [0.2, 0.25) is 0 Å². The third-order valence-electron chi connectivity index (χ3n) is 2.71. The van der Waals surface area contributed by atoms with E-state index < -0.39 is 5.97 Å². The highest BCUT2D eigenvalue weighted by Gasteiger charge is 2.17. The van der Waals surface area contributed by atoms with Crippen molar-refractivity contribution in [2.75, 3.05) is 6.54 Å². The maximum absolute atomic E-state index is 11.6. The summed E-state index contributed by atoms with van der Waals surface area (Å²) in [5.41, 5.74) is 6.06. The van der Waals surface area contributed by atoms with E-state index in [1.165, 1.54) is 0 Å². The molecule has 19 heavy (non-hydrogen) atoms. The van der Waals surface area contributed by atoms with Gasteiger partial charge >= 0.3 is 5.97 Å². The number of carbonyl (C=O) groups excluding carboxylic acids is 1. The van der Waals surface area contributed by atoms with Crippen LogP contribution < -0.4 is 11.1 Å². The molecule has 0 aromatic rings. The number of nitrogens with two attached hydrogens (primary N) is 1. The fraction of sp³-hybridized carbons (Fsp3) is 0.857. The predicted molar refractivity (Wildman–Crippen MR) is 75.8 cm³/mol. The second kappa shape index (κ2) is 8.91. The lowest BCUT2D eigenvalue weighted by atomic mass is 9.87. The van der Waals surface area contributed by atoms with Crippen LogP contribution in [0.15, 0.2) is 0 Å². The Kier molecular flexibility index (Phi) is 8.39. The molecule has 1 unspecified atom stereocenters. The quantitative estimate of drug-likeness (QED) is 0.559. The molecule has 0 bridgehead atoms. The smallest absolute Gasteiger partial charge is 0.303 e. The lowest BCUT2D eigenvalue weighted by Gasteiger charge is -2.22. The SMILES string of the molecule is CC(C)(C)CC(N)CC(=O)NCCCCCC(=O)O. The number of nitrogens with one attached hydrogen (secondary N) is 1. The highest BCUT2D eigenvalue weighted by atomic mass is 16.4. The van der Waals surface area contributed by atoms with Gasteiger partial charge in [0.15, 0.2) is 0 Å². The molecule has 0 aliphatic heterocycles. The maximum atomic E-state index is 11.6. The molecule has 0 fully saturated rings. The molecule has 112 valence electrons. The standard InChI is InChI=1S/C14H28N2O3/c1-14(2,3)10-11(15)9-12(17)16-8-6-4-5-7-13(18)19/h11H,4-10,15H2,1-3H3,(H,16,17)(H,18,19). The first kappa shape index (κ1) is 17.9. The summed E-state index contributed by atoms with van der Waals surface area (Å²) in [4.78, 5) is 21.9. The molecule has 0 aliphatic carbocycles. The normalized spacial score (nSPS) is 13.1. The lowest BCUT2D eigenvalue weighted by molar-refractivity contribution is -0.137. The highest BCUT2D eigenvalue weighted by molar-refractivity contribution is 5.76. The molecular weight excluding hydrogens is 244 g/mol. The van der Waals surface area contributed by atoms with Crippen LogP contribution >= 0.6 is 0 Å². The number of hydrogen-bond donors (Lipinski definition) is 3. The van der Waals surface area contributed by atoms with E-state index in [1.807, 2.05) is 0 Å². The van der Waals surface area contributed by atoms with Gasteiger partial charge in [-0.25, -0.2) is 0 Å². The van der Waals surface area contributed by atoms with Gasteiger partial charge in [0.2, 0.25) is 5.91 Å². The first-order valence-corrected chi connectivity index (χ1v) is 6.95. The molecule has 0 aromatic heterocycles. The molecule has 0 saturated carbocycles. The molecule has 1 atom stereocenters. The van der Waals surface area contributed by atoms with Gasteiger partial charge in [0.05, 0.1) is 0 Å². The Morgan fingerprint density at radius 3 is 2.37 bits per heavy atom. The van der Waals surface area contributed by atoms with E-state index in [1.54, 1.807) is 0 Å². The van der Waals surface area contributed by atoms with Crippen molar-refractivity contribution in [1.82, 2.24) is 5.32 Å². The molecule has 1 amide bonds. The zero-order valence-electron chi connectivity index (χ0n) is 12.4. The number of unbranched alkanes of at least 4 members (excludes halogenated alkanes) is 2. The Morgan fingerprint density at radius 2 is 1.84 bits per heavy atom. The molecule has 5 heteroatoms. The average Bonchev–Trinajstić information content (AvgIpc) is 2.19. The molecule has 0 heterocycles. The summed E-state index contributed by atoms with van der Waals surface area (Å²) in [6.07, 6.45) is 3.67. The van der Waals surface area contributed by atoms with E-state index in [2.05, 4.69) is 26.1 Å². The summed E-state index contributed by atoms with van der Waals surface area (Å²) in [6.45, 7) is 6.91. The number of carboxylic acids is 1. The molecule has 0 spiro atoms. The predicted octanol–water partition coefficient (Wildman–Crippen LogP) is 1.90. The van der Waals surface area contributed by atoms with Crippen molar-refractivity contribution in [1.29, 1.82) is 0 Å². The Balaban J connectivity index is 3.57. The molecule has 4 N–H and O–H groups in total. The Hall–Kier alpha value is -1.10. The second-order valence-corrected chi connectivity index (χ2v) is 6.28. The number of carbonyl (C=O) groups is 2. The zero-order chi connectivity index (χ0) is 14.9. The van der Waals surface area contributed by atoms with Gasteiger partial charge in [-0.3, -0.25) is 9.59 Å². The van der Waals surface area contributed by atoms with Crippen molar-refractivity contribution in [3.8, 4) is 0 Å². The van der Waals surface area contributed by atoms with Gasteiger partial charge in [-0.1, -0.05) is 27.2 Å². The fourth-order valence-electron chi connectivity index (χ4n) is 1.97. The van der Waals surface area contributed by atoms with Crippen molar-refractivity contribution < 1.29 is 14.7 Å². The minimum atomic E-state index is -0.766. The molecular formula is C14H28N2O3. The lowest BCUT2D eigenvalue weighted by Crippen LogP contribution is -2.34. The Labute approximate surface area is 115 Å². The van der Waals surface area contributed by atoms with Crippen LogP contribution in [0.3, 0.4) is 0 Å².